The zero-order valence-electron chi connectivity index (χ0n) is 15.0. The van der Waals surface area contributed by atoms with E-state index in [9.17, 15) is 4.79 Å². The van der Waals surface area contributed by atoms with Gasteiger partial charge in [-0.3, -0.25) is 4.79 Å². The van der Waals surface area contributed by atoms with Gasteiger partial charge in [0.1, 0.15) is 5.52 Å². The summed E-state index contributed by atoms with van der Waals surface area (Å²) < 4.78 is 5.67. The normalized spacial score (nSPS) is 17.0. The molecule has 0 saturated carbocycles. The topological polar surface area (TPSA) is 46.3 Å². The summed E-state index contributed by atoms with van der Waals surface area (Å²) in [5.41, 5.74) is 4.78. The van der Waals surface area contributed by atoms with Gasteiger partial charge in [0, 0.05) is 29.9 Å². The third kappa shape index (κ3) is 2.82. The molecule has 4 nitrogen and oxygen atoms in total. The Labute approximate surface area is 156 Å². The van der Waals surface area contributed by atoms with Gasteiger partial charge < -0.3 is 9.32 Å². The van der Waals surface area contributed by atoms with Crippen molar-refractivity contribution < 1.29 is 9.21 Å². The van der Waals surface area contributed by atoms with Crippen LogP contribution in [0.25, 0.3) is 11.1 Å². The van der Waals surface area contributed by atoms with E-state index < -0.39 is 0 Å². The number of carbonyl (C=O) groups is 1. The molecular formula is C21H20N2O2S. The molecule has 1 aromatic heterocycles. The van der Waals surface area contributed by atoms with Crippen LogP contribution in [-0.4, -0.2) is 23.6 Å². The van der Waals surface area contributed by atoms with Crippen LogP contribution in [0.1, 0.15) is 19.4 Å². The first-order valence-electron chi connectivity index (χ1n) is 8.53. The van der Waals surface area contributed by atoms with Crippen molar-refractivity contribution in [2.24, 2.45) is 0 Å². The number of hydrogen-bond acceptors (Lipinski definition) is 5. The first-order chi connectivity index (χ1) is 12.5. The van der Waals surface area contributed by atoms with Gasteiger partial charge in [-0.2, -0.15) is 0 Å². The quantitative estimate of drug-likeness (QED) is 0.491. The van der Waals surface area contributed by atoms with Crippen molar-refractivity contribution in [3.8, 4) is 0 Å². The molecule has 2 heterocycles. The summed E-state index contributed by atoms with van der Waals surface area (Å²) in [7, 11) is 2.01. The van der Waals surface area contributed by atoms with E-state index in [1.54, 1.807) is 6.08 Å². The van der Waals surface area contributed by atoms with Gasteiger partial charge in [-0.05, 0) is 23.8 Å². The molecule has 5 heteroatoms. The first kappa shape index (κ1) is 16.9. The van der Waals surface area contributed by atoms with Crippen molar-refractivity contribution in [1.82, 2.24) is 4.98 Å². The summed E-state index contributed by atoms with van der Waals surface area (Å²) in [6.45, 7) is 4.31. The Morgan fingerprint density at radius 1 is 1.19 bits per heavy atom. The maximum absolute atomic E-state index is 12.6. The number of benzene rings is 2. The second kappa shape index (κ2) is 6.32. The van der Waals surface area contributed by atoms with Crippen LogP contribution in [0.3, 0.4) is 0 Å². The number of aromatic nitrogens is 1. The summed E-state index contributed by atoms with van der Waals surface area (Å²) in [6, 6.07) is 15.9. The smallest absolute Gasteiger partial charge is 0.257 e. The third-order valence-electron chi connectivity index (χ3n) is 4.85. The Morgan fingerprint density at radius 3 is 2.69 bits per heavy atom. The fraction of sp³-hybridized carbons (Fsp3) is 0.238. The number of hydrogen-bond donors (Lipinski definition) is 0. The fourth-order valence-electron chi connectivity index (χ4n) is 3.50. The molecule has 0 radical (unpaired) electrons. The molecule has 4 rings (SSSR count). The second-order valence-electron chi connectivity index (χ2n) is 6.93. The number of nitrogens with zero attached hydrogens (tertiary/aromatic N) is 2. The molecule has 1 aliphatic rings. The molecule has 0 bridgehead atoms. The highest BCUT2D eigenvalue weighted by atomic mass is 32.2. The molecule has 0 aliphatic carbocycles. The van der Waals surface area contributed by atoms with Crippen molar-refractivity contribution in [2.75, 3.05) is 17.7 Å². The van der Waals surface area contributed by atoms with Crippen LogP contribution in [0.5, 0.6) is 0 Å². The standard InChI is InChI=1S/C21H20N2O2S/c1-21(2)15-8-4-6-10-17(15)23(3)19(21)12-14(24)13-26-20-22-16-9-5-7-11-18(16)25-20/h4-12H,13H2,1-3H3/b19-12+. The molecule has 0 amide bonds. The lowest BCUT2D eigenvalue weighted by atomic mass is 9.83. The zero-order valence-corrected chi connectivity index (χ0v) is 15.8. The predicted octanol–water partition coefficient (Wildman–Crippen LogP) is 4.80. The molecule has 0 unspecified atom stereocenters. The van der Waals surface area contributed by atoms with Crippen molar-refractivity contribution >= 4 is 34.3 Å². The van der Waals surface area contributed by atoms with E-state index >= 15 is 0 Å². The SMILES string of the molecule is CN1/C(=C/C(=O)CSc2nc3ccccc3o2)C(C)(C)c2ccccc21. The van der Waals surface area contributed by atoms with Crippen LogP contribution in [0, 0.1) is 0 Å². The number of rotatable bonds is 4. The summed E-state index contributed by atoms with van der Waals surface area (Å²) in [6.07, 6.45) is 1.76. The largest absolute Gasteiger partial charge is 0.431 e. The van der Waals surface area contributed by atoms with Crippen molar-refractivity contribution in [2.45, 2.75) is 24.5 Å². The van der Waals surface area contributed by atoms with E-state index in [1.165, 1.54) is 17.3 Å². The number of fused-ring (bicyclic) bond motifs is 2. The monoisotopic (exact) mass is 364 g/mol. The van der Waals surface area contributed by atoms with Crippen LogP contribution in [-0.2, 0) is 10.2 Å². The van der Waals surface area contributed by atoms with Gasteiger partial charge in [0.05, 0.1) is 5.75 Å². The minimum absolute atomic E-state index is 0.0555. The minimum Gasteiger partial charge on any atom is -0.431 e. The van der Waals surface area contributed by atoms with Crippen LogP contribution in [0.2, 0.25) is 0 Å². The number of ketones is 1. The number of anilines is 1. The molecule has 0 N–H and O–H groups in total. The van der Waals surface area contributed by atoms with Gasteiger partial charge in [0.25, 0.3) is 5.22 Å². The number of oxazole rings is 1. The summed E-state index contributed by atoms with van der Waals surface area (Å²) in [5.74, 6) is 0.358. The number of carbonyl (C=O) groups excluding carboxylic acids is 1. The van der Waals surface area contributed by atoms with Gasteiger partial charge >= 0.3 is 0 Å². The molecule has 2 aromatic carbocycles. The Morgan fingerprint density at radius 2 is 1.92 bits per heavy atom. The molecule has 0 atom stereocenters. The van der Waals surface area contributed by atoms with E-state index in [1.807, 2.05) is 43.4 Å². The van der Waals surface area contributed by atoms with E-state index in [2.05, 4.69) is 35.9 Å². The van der Waals surface area contributed by atoms with Crippen LogP contribution in [0.15, 0.2) is 69.9 Å². The second-order valence-corrected chi connectivity index (χ2v) is 7.86. The van der Waals surface area contributed by atoms with Crippen molar-refractivity contribution in [3.05, 3.63) is 65.9 Å². The lowest BCUT2D eigenvalue weighted by Gasteiger charge is -2.23. The minimum atomic E-state index is -0.191. The molecule has 1 aliphatic heterocycles. The number of para-hydroxylation sites is 3. The molecule has 26 heavy (non-hydrogen) atoms. The summed E-state index contributed by atoms with van der Waals surface area (Å²) >= 11 is 1.33. The Hall–Kier alpha value is -2.53. The Bertz CT molecular complexity index is 987. The predicted molar refractivity (Wildman–Crippen MR) is 106 cm³/mol. The van der Waals surface area contributed by atoms with Gasteiger partial charge in [-0.25, -0.2) is 4.98 Å². The first-order valence-corrected chi connectivity index (χ1v) is 9.52. The molecule has 0 saturated heterocycles. The van der Waals surface area contributed by atoms with Gasteiger partial charge in [0.15, 0.2) is 11.4 Å². The van der Waals surface area contributed by atoms with E-state index in [4.69, 9.17) is 4.42 Å². The number of allylic oxidation sites excluding steroid dienone is 2. The van der Waals surface area contributed by atoms with Crippen LogP contribution in [0.4, 0.5) is 5.69 Å². The van der Waals surface area contributed by atoms with E-state index in [-0.39, 0.29) is 11.2 Å². The average Bonchev–Trinajstić information content (AvgIpc) is 3.13. The molecule has 132 valence electrons. The van der Waals surface area contributed by atoms with Gasteiger partial charge in [0.2, 0.25) is 0 Å². The summed E-state index contributed by atoms with van der Waals surface area (Å²) in [5, 5.41) is 0.528. The molecule has 0 fully saturated rings. The van der Waals surface area contributed by atoms with Gasteiger partial charge in [-0.15, -0.1) is 0 Å². The molecular weight excluding hydrogens is 344 g/mol. The Balaban J connectivity index is 1.52. The maximum Gasteiger partial charge on any atom is 0.257 e. The van der Waals surface area contributed by atoms with Crippen LogP contribution >= 0.6 is 11.8 Å². The number of likely N-dealkylation sites (N-methyl/N-ethyl adjacent to an activating group) is 1. The van der Waals surface area contributed by atoms with Crippen molar-refractivity contribution in [3.63, 3.8) is 0 Å². The fourth-order valence-corrected chi connectivity index (χ4v) is 4.16. The zero-order chi connectivity index (χ0) is 18.3. The third-order valence-corrected chi connectivity index (χ3v) is 5.70. The lowest BCUT2D eigenvalue weighted by molar-refractivity contribution is -0.112. The van der Waals surface area contributed by atoms with Gasteiger partial charge in [-0.1, -0.05) is 55.9 Å². The van der Waals surface area contributed by atoms with E-state index in [0.29, 0.717) is 11.0 Å². The molecule has 3 aromatic rings. The highest BCUT2D eigenvalue weighted by Gasteiger charge is 2.38. The highest BCUT2D eigenvalue weighted by Crippen LogP contribution is 2.46. The molecule has 0 spiro atoms. The van der Waals surface area contributed by atoms with E-state index in [0.717, 1.165) is 22.5 Å². The Kier molecular flexibility index (Phi) is 4.11. The average molecular weight is 364 g/mol. The summed E-state index contributed by atoms with van der Waals surface area (Å²) in [4.78, 5) is 19.1. The highest BCUT2D eigenvalue weighted by molar-refractivity contribution is 7.99. The number of thioether (sulfide) groups is 1. The lowest BCUT2D eigenvalue weighted by Crippen LogP contribution is -2.24. The van der Waals surface area contributed by atoms with Crippen molar-refractivity contribution in [1.29, 1.82) is 0 Å². The van der Waals surface area contributed by atoms with Crippen LogP contribution < -0.4 is 4.90 Å². The maximum atomic E-state index is 12.6.